The lowest BCUT2D eigenvalue weighted by atomic mass is 9.96. The van der Waals surface area contributed by atoms with E-state index in [1.165, 1.54) is 11.3 Å². The summed E-state index contributed by atoms with van der Waals surface area (Å²) in [7, 11) is 1.56. The monoisotopic (exact) mass is 618 g/mol. The summed E-state index contributed by atoms with van der Waals surface area (Å²) in [5.74, 6) is 1.17. The summed E-state index contributed by atoms with van der Waals surface area (Å²) in [6, 6.07) is 19.5. The summed E-state index contributed by atoms with van der Waals surface area (Å²) in [6.45, 7) is 6.34. The van der Waals surface area contributed by atoms with Gasteiger partial charge in [-0.1, -0.05) is 65.4 Å². The van der Waals surface area contributed by atoms with Crippen LogP contribution in [0.4, 0.5) is 0 Å². The molecule has 0 amide bonds. The van der Waals surface area contributed by atoms with E-state index in [9.17, 15) is 9.59 Å². The Kier molecular flexibility index (Phi) is 9.33. The number of allylic oxidation sites excluding steroid dienone is 1. The topological polar surface area (TPSA) is 88.4 Å². The van der Waals surface area contributed by atoms with E-state index in [0.29, 0.717) is 55.0 Å². The van der Waals surface area contributed by atoms with Crippen LogP contribution in [-0.2, 0) is 16.1 Å². The molecule has 0 aliphatic carbocycles. The molecule has 3 aromatic carbocycles. The summed E-state index contributed by atoms with van der Waals surface area (Å²) < 4.78 is 24.8. The molecule has 5 rings (SSSR count). The van der Waals surface area contributed by atoms with Crippen LogP contribution in [0.15, 0.2) is 87.8 Å². The minimum Gasteiger partial charge on any atom is -0.494 e. The van der Waals surface area contributed by atoms with Crippen LogP contribution in [0.3, 0.4) is 0 Å². The third-order valence-electron chi connectivity index (χ3n) is 6.87. The molecule has 0 radical (unpaired) electrons. The van der Waals surface area contributed by atoms with E-state index >= 15 is 0 Å². The van der Waals surface area contributed by atoms with Gasteiger partial charge in [-0.05, 0) is 56.7 Å². The fourth-order valence-electron chi connectivity index (χ4n) is 4.89. The number of esters is 1. The summed E-state index contributed by atoms with van der Waals surface area (Å²) >= 11 is 7.59. The lowest BCUT2D eigenvalue weighted by Crippen LogP contribution is -2.39. The number of carbonyl (C=O) groups is 1. The Balaban J connectivity index is 1.63. The second-order valence-corrected chi connectivity index (χ2v) is 11.0. The highest BCUT2D eigenvalue weighted by Crippen LogP contribution is 2.34. The van der Waals surface area contributed by atoms with E-state index in [1.807, 2.05) is 61.5 Å². The van der Waals surface area contributed by atoms with E-state index < -0.39 is 12.0 Å². The van der Waals surface area contributed by atoms with Gasteiger partial charge >= 0.3 is 5.97 Å². The molecule has 222 valence electrons. The van der Waals surface area contributed by atoms with Crippen molar-refractivity contribution in [1.29, 1.82) is 0 Å². The minimum atomic E-state index is -0.727. The Hall–Kier alpha value is -4.34. The van der Waals surface area contributed by atoms with Gasteiger partial charge in [0.05, 0.1) is 42.2 Å². The summed E-state index contributed by atoms with van der Waals surface area (Å²) in [5, 5.41) is 0.592. The third-order valence-corrected chi connectivity index (χ3v) is 8.22. The first-order valence-corrected chi connectivity index (χ1v) is 15.0. The van der Waals surface area contributed by atoms with Crippen molar-refractivity contribution in [3.8, 4) is 17.2 Å². The molecule has 1 aliphatic rings. The SMILES string of the molecule is CCOC(=O)C1=C(C)N=c2s/c(=C\c3cccc(OC)c3OCc3ccccc3Cl)c(=O)n2[C@H]1c1ccc(OCC)cc1. The molecule has 0 bridgehead atoms. The van der Waals surface area contributed by atoms with Crippen LogP contribution in [0.25, 0.3) is 6.08 Å². The third kappa shape index (κ3) is 6.23. The number of carbonyl (C=O) groups excluding carboxylic acids is 1. The summed E-state index contributed by atoms with van der Waals surface area (Å²) in [5.41, 5.74) is 2.72. The molecular formula is C33H31ClN2O6S. The molecule has 1 aromatic heterocycles. The highest BCUT2D eigenvalue weighted by molar-refractivity contribution is 7.07. The molecule has 0 saturated heterocycles. The van der Waals surface area contributed by atoms with Gasteiger partial charge in [0.2, 0.25) is 0 Å². The van der Waals surface area contributed by atoms with Crippen molar-refractivity contribution in [1.82, 2.24) is 4.57 Å². The zero-order valence-corrected chi connectivity index (χ0v) is 25.8. The molecule has 0 saturated carbocycles. The molecule has 1 atom stereocenters. The van der Waals surface area contributed by atoms with Crippen LogP contribution in [-0.4, -0.2) is 30.9 Å². The van der Waals surface area contributed by atoms with Gasteiger partial charge in [0, 0.05) is 16.1 Å². The largest absolute Gasteiger partial charge is 0.494 e. The maximum Gasteiger partial charge on any atom is 0.338 e. The Morgan fingerprint density at radius 2 is 1.79 bits per heavy atom. The predicted molar refractivity (Wildman–Crippen MR) is 167 cm³/mol. The highest BCUT2D eigenvalue weighted by atomic mass is 35.5. The average molecular weight is 619 g/mol. The van der Waals surface area contributed by atoms with Crippen molar-refractivity contribution in [2.24, 2.45) is 4.99 Å². The number of halogens is 1. The van der Waals surface area contributed by atoms with Gasteiger partial charge in [0.25, 0.3) is 5.56 Å². The van der Waals surface area contributed by atoms with Crippen molar-refractivity contribution in [3.63, 3.8) is 0 Å². The zero-order valence-electron chi connectivity index (χ0n) is 24.3. The van der Waals surface area contributed by atoms with Crippen LogP contribution < -0.4 is 29.1 Å². The Morgan fingerprint density at radius 3 is 2.49 bits per heavy atom. The van der Waals surface area contributed by atoms with E-state index in [1.54, 1.807) is 43.7 Å². The first kappa shape index (κ1) is 30.1. The van der Waals surface area contributed by atoms with Crippen molar-refractivity contribution < 1.29 is 23.7 Å². The zero-order chi connectivity index (χ0) is 30.5. The molecule has 0 fully saturated rings. The average Bonchev–Trinajstić information content (AvgIpc) is 3.30. The Bertz CT molecular complexity index is 1860. The quantitative estimate of drug-likeness (QED) is 0.220. The minimum absolute atomic E-state index is 0.197. The number of nitrogens with zero attached hydrogens (tertiary/aromatic N) is 2. The van der Waals surface area contributed by atoms with Gasteiger partial charge in [-0.15, -0.1) is 0 Å². The lowest BCUT2D eigenvalue weighted by Gasteiger charge is -2.24. The van der Waals surface area contributed by atoms with Gasteiger partial charge in [-0.2, -0.15) is 0 Å². The normalized spacial score (nSPS) is 14.6. The first-order valence-electron chi connectivity index (χ1n) is 13.8. The lowest BCUT2D eigenvalue weighted by molar-refractivity contribution is -0.139. The summed E-state index contributed by atoms with van der Waals surface area (Å²) in [6.07, 6.45) is 1.76. The molecule has 0 N–H and O–H groups in total. The van der Waals surface area contributed by atoms with Gasteiger partial charge in [0.15, 0.2) is 16.3 Å². The van der Waals surface area contributed by atoms with Crippen molar-refractivity contribution in [2.75, 3.05) is 20.3 Å². The molecule has 0 unspecified atom stereocenters. The van der Waals surface area contributed by atoms with Crippen LogP contribution >= 0.6 is 22.9 Å². The number of aromatic nitrogens is 1. The first-order chi connectivity index (χ1) is 20.9. The molecular weight excluding hydrogens is 588 g/mol. The van der Waals surface area contributed by atoms with Crippen molar-refractivity contribution in [3.05, 3.63) is 119 Å². The van der Waals surface area contributed by atoms with Gasteiger partial charge in [-0.3, -0.25) is 9.36 Å². The maximum absolute atomic E-state index is 14.1. The number of thiazole rings is 1. The van der Waals surface area contributed by atoms with E-state index in [-0.39, 0.29) is 18.8 Å². The smallest absolute Gasteiger partial charge is 0.338 e. The van der Waals surface area contributed by atoms with Crippen molar-refractivity contribution in [2.45, 2.75) is 33.4 Å². The fraction of sp³-hybridized carbons (Fsp3) is 0.242. The van der Waals surface area contributed by atoms with Crippen LogP contribution in [0, 0.1) is 0 Å². The number of fused-ring (bicyclic) bond motifs is 1. The van der Waals surface area contributed by atoms with E-state index in [4.69, 9.17) is 30.5 Å². The number of hydrogen-bond donors (Lipinski definition) is 0. The molecule has 1 aliphatic heterocycles. The van der Waals surface area contributed by atoms with Gasteiger partial charge in [-0.25, -0.2) is 9.79 Å². The Labute approximate surface area is 258 Å². The highest BCUT2D eigenvalue weighted by Gasteiger charge is 2.33. The van der Waals surface area contributed by atoms with Crippen LogP contribution in [0.5, 0.6) is 17.2 Å². The number of rotatable bonds is 10. The molecule has 4 aromatic rings. The standard InChI is InChI=1S/C33H31ClN2O6S/c1-5-40-24-16-14-21(15-17-24)29-28(32(38)41-6-2)20(3)35-33-36(29)31(37)27(43-33)18-22-11-9-13-26(39-4)30(22)42-19-23-10-7-8-12-25(23)34/h7-18,29H,5-6,19H2,1-4H3/b27-18-/t29-/m0/s1. The molecule has 0 spiro atoms. The van der Waals surface area contributed by atoms with Crippen LogP contribution in [0.1, 0.15) is 43.5 Å². The van der Waals surface area contributed by atoms with E-state index in [2.05, 4.69) is 4.99 Å². The van der Waals surface area contributed by atoms with Crippen molar-refractivity contribution >= 4 is 35.0 Å². The number of benzene rings is 3. The Morgan fingerprint density at radius 1 is 1.02 bits per heavy atom. The second-order valence-electron chi connectivity index (χ2n) is 9.56. The second kappa shape index (κ2) is 13.3. The predicted octanol–water partition coefficient (Wildman–Crippen LogP) is 5.44. The molecule has 2 heterocycles. The van der Waals surface area contributed by atoms with E-state index in [0.717, 1.165) is 11.1 Å². The molecule has 10 heteroatoms. The van der Waals surface area contributed by atoms with Gasteiger partial charge < -0.3 is 18.9 Å². The number of para-hydroxylation sites is 1. The maximum atomic E-state index is 14.1. The fourth-order valence-corrected chi connectivity index (χ4v) is 6.12. The van der Waals surface area contributed by atoms with Gasteiger partial charge in [0.1, 0.15) is 12.4 Å². The molecule has 43 heavy (non-hydrogen) atoms. The molecule has 8 nitrogen and oxygen atoms in total. The number of methoxy groups -OCH3 is 1. The summed E-state index contributed by atoms with van der Waals surface area (Å²) in [4.78, 5) is 32.4. The number of hydrogen-bond acceptors (Lipinski definition) is 8. The number of ether oxygens (including phenoxy) is 4. The van der Waals surface area contributed by atoms with Crippen LogP contribution in [0.2, 0.25) is 5.02 Å².